The normalized spacial score (nSPS) is 30.7. The number of hydrogen-bond donors (Lipinski definition) is 0. The number of piperidine rings is 1. The lowest BCUT2D eigenvalue weighted by Gasteiger charge is -2.30. The zero-order chi connectivity index (χ0) is 15.3. The number of hydrogen-bond acceptors (Lipinski definition) is 4. The molecular formula is C12H16ClF2NO4. The summed E-state index contributed by atoms with van der Waals surface area (Å²) >= 11 is 5.29. The van der Waals surface area contributed by atoms with Crippen LogP contribution >= 0.6 is 11.6 Å². The fourth-order valence-electron chi connectivity index (χ4n) is 2.50. The van der Waals surface area contributed by atoms with E-state index in [1.54, 1.807) is 20.8 Å². The summed E-state index contributed by atoms with van der Waals surface area (Å²) in [6, 6.07) is -2.73. The predicted molar refractivity (Wildman–Crippen MR) is 65.5 cm³/mol. The highest BCUT2D eigenvalue weighted by atomic mass is 35.5. The molecule has 3 atom stereocenters. The second-order valence-electron chi connectivity index (χ2n) is 5.94. The number of ether oxygens (including phenoxy) is 2. The third-order valence-corrected chi connectivity index (χ3v) is 3.46. The van der Waals surface area contributed by atoms with E-state index in [2.05, 4.69) is 4.74 Å². The fraction of sp³-hybridized carbons (Fsp3) is 0.833. The van der Waals surface area contributed by atoms with E-state index in [1.165, 1.54) is 0 Å². The number of alkyl halides is 3. The summed E-state index contributed by atoms with van der Waals surface area (Å²) in [5.41, 5.74) is -0.833. The van der Waals surface area contributed by atoms with Gasteiger partial charge in [0.05, 0.1) is 5.92 Å². The van der Waals surface area contributed by atoms with Crippen molar-refractivity contribution < 1.29 is 27.8 Å². The van der Waals surface area contributed by atoms with Crippen LogP contribution in [0.2, 0.25) is 0 Å². The molecule has 1 saturated heterocycles. The minimum atomic E-state index is -2.96. The van der Waals surface area contributed by atoms with Crippen LogP contribution in [0.25, 0.3) is 0 Å². The minimum Gasteiger partial charge on any atom is -0.448 e. The molecule has 5 nitrogen and oxygen atoms in total. The molecular weight excluding hydrogens is 296 g/mol. The SMILES string of the molecule is CC(C)(C)OC(=O)N1[C@H](C(=O)OCCl)C[C@H]2[C@@H]1C2(F)F. The van der Waals surface area contributed by atoms with Gasteiger partial charge in [-0.1, -0.05) is 11.6 Å². The molecule has 1 heterocycles. The maximum absolute atomic E-state index is 13.5. The van der Waals surface area contributed by atoms with Crippen molar-refractivity contribution in [1.82, 2.24) is 4.90 Å². The van der Waals surface area contributed by atoms with Crippen LogP contribution in [0.4, 0.5) is 13.6 Å². The van der Waals surface area contributed by atoms with Crippen molar-refractivity contribution in [3.8, 4) is 0 Å². The Kier molecular flexibility index (Phi) is 3.60. The van der Waals surface area contributed by atoms with E-state index in [9.17, 15) is 18.4 Å². The molecule has 0 unspecified atom stereocenters. The number of nitrogens with zero attached hydrogens (tertiary/aromatic N) is 1. The maximum atomic E-state index is 13.5. The first kappa shape index (κ1) is 15.3. The van der Waals surface area contributed by atoms with E-state index >= 15 is 0 Å². The van der Waals surface area contributed by atoms with E-state index in [0.717, 1.165) is 4.90 Å². The fourth-order valence-corrected chi connectivity index (χ4v) is 2.61. The number of carbonyl (C=O) groups is 2. The highest BCUT2D eigenvalue weighted by Gasteiger charge is 2.78. The van der Waals surface area contributed by atoms with Gasteiger partial charge in [0.25, 0.3) is 5.92 Å². The first-order valence-corrected chi connectivity index (χ1v) is 6.74. The summed E-state index contributed by atoms with van der Waals surface area (Å²) in [6.45, 7) is 4.86. The molecule has 2 rings (SSSR count). The maximum Gasteiger partial charge on any atom is 0.411 e. The molecule has 1 aliphatic heterocycles. The Morgan fingerprint density at radius 3 is 2.50 bits per heavy atom. The van der Waals surface area contributed by atoms with Gasteiger partial charge in [-0.3, -0.25) is 4.90 Å². The smallest absolute Gasteiger partial charge is 0.411 e. The highest BCUT2D eigenvalue weighted by molar-refractivity contribution is 6.17. The van der Waals surface area contributed by atoms with Crippen molar-refractivity contribution in [2.24, 2.45) is 5.92 Å². The lowest BCUT2D eigenvalue weighted by Crippen LogP contribution is -2.48. The van der Waals surface area contributed by atoms with Gasteiger partial charge in [0, 0.05) is 0 Å². The van der Waals surface area contributed by atoms with Crippen molar-refractivity contribution in [2.75, 3.05) is 6.07 Å². The van der Waals surface area contributed by atoms with Crippen LogP contribution in [-0.4, -0.2) is 46.6 Å². The van der Waals surface area contributed by atoms with Gasteiger partial charge in [0.2, 0.25) is 0 Å². The molecule has 2 aliphatic rings. The third kappa shape index (κ3) is 2.55. The second kappa shape index (κ2) is 4.72. The standard InChI is InChI=1S/C12H16ClF2NO4/c1-11(2,3)20-10(18)16-7(9(17)19-5-13)4-6-8(16)12(6,14)15/h6-8H,4-5H2,1-3H3/t6-,7-,8+/m0/s1. The van der Waals surface area contributed by atoms with Crippen molar-refractivity contribution >= 4 is 23.7 Å². The zero-order valence-electron chi connectivity index (χ0n) is 11.4. The van der Waals surface area contributed by atoms with E-state index in [1.807, 2.05) is 0 Å². The Hall–Kier alpha value is -1.11. The van der Waals surface area contributed by atoms with Gasteiger partial charge < -0.3 is 9.47 Å². The first-order chi connectivity index (χ1) is 9.09. The van der Waals surface area contributed by atoms with E-state index < -0.39 is 41.6 Å². The first-order valence-electron chi connectivity index (χ1n) is 6.21. The zero-order valence-corrected chi connectivity index (χ0v) is 12.1. The van der Waals surface area contributed by atoms with Crippen molar-refractivity contribution in [3.63, 3.8) is 0 Å². The number of likely N-dealkylation sites (tertiary alicyclic amines) is 1. The Labute approximate surface area is 120 Å². The number of carbonyl (C=O) groups excluding carboxylic acids is 2. The summed E-state index contributed by atoms with van der Waals surface area (Å²) in [5.74, 6) is -4.76. The molecule has 1 amide bonds. The lowest BCUT2D eigenvalue weighted by atomic mass is 10.1. The van der Waals surface area contributed by atoms with Crippen LogP contribution in [0.5, 0.6) is 0 Å². The van der Waals surface area contributed by atoms with Crippen molar-refractivity contribution in [2.45, 2.75) is 50.8 Å². The summed E-state index contributed by atoms with van der Waals surface area (Å²) < 4.78 is 36.6. The summed E-state index contributed by atoms with van der Waals surface area (Å²) in [6.07, 6.45) is -1.06. The molecule has 0 aromatic carbocycles. The lowest BCUT2D eigenvalue weighted by molar-refractivity contribution is -0.148. The predicted octanol–water partition coefficient (Wildman–Crippen LogP) is 2.37. The van der Waals surface area contributed by atoms with Gasteiger partial charge >= 0.3 is 12.1 Å². The molecule has 0 spiro atoms. The van der Waals surface area contributed by atoms with Gasteiger partial charge in [-0.05, 0) is 27.2 Å². The average Bonchev–Trinajstić information content (AvgIpc) is 2.70. The highest BCUT2D eigenvalue weighted by Crippen LogP contribution is 2.60. The van der Waals surface area contributed by atoms with Crippen LogP contribution in [0, 0.1) is 5.92 Å². The van der Waals surface area contributed by atoms with Crippen LogP contribution in [0.1, 0.15) is 27.2 Å². The quantitative estimate of drug-likeness (QED) is 0.580. The Morgan fingerprint density at radius 1 is 1.40 bits per heavy atom. The van der Waals surface area contributed by atoms with Crippen molar-refractivity contribution in [1.29, 1.82) is 0 Å². The largest absolute Gasteiger partial charge is 0.448 e. The van der Waals surface area contributed by atoms with E-state index in [0.29, 0.717) is 0 Å². The molecule has 0 N–H and O–H groups in total. The summed E-state index contributed by atoms with van der Waals surface area (Å²) in [7, 11) is 0. The average molecular weight is 312 g/mol. The van der Waals surface area contributed by atoms with E-state index in [4.69, 9.17) is 16.3 Å². The molecule has 0 aromatic heterocycles. The van der Waals surface area contributed by atoms with Crippen LogP contribution < -0.4 is 0 Å². The topological polar surface area (TPSA) is 55.8 Å². The second-order valence-corrected chi connectivity index (χ2v) is 6.16. The molecule has 1 aliphatic carbocycles. The van der Waals surface area contributed by atoms with Gasteiger partial charge in [-0.2, -0.15) is 0 Å². The third-order valence-electron chi connectivity index (χ3n) is 3.35. The molecule has 0 bridgehead atoms. The van der Waals surface area contributed by atoms with Crippen LogP contribution in [0.15, 0.2) is 0 Å². The molecule has 0 aromatic rings. The summed E-state index contributed by atoms with van der Waals surface area (Å²) in [4.78, 5) is 24.5. The Balaban J connectivity index is 2.15. The van der Waals surface area contributed by atoms with Gasteiger partial charge in [0.1, 0.15) is 17.7 Å². The van der Waals surface area contributed by atoms with Gasteiger partial charge in [-0.15, -0.1) is 0 Å². The molecule has 0 radical (unpaired) electrons. The molecule has 20 heavy (non-hydrogen) atoms. The Bertz CT molecular complexity index is 438. The van der Waals surface area contributed by atoms with E-state index in [-0.39, 0.29) is 12.5 Å². The monoisotopic (exact) mass is 311 g/mol. The molecule has 114 valence electrons. The number of halogens is 3. The molecule has 1 saturated carbocycles. The number of fused-ring (bicyclic) bond motifs is 1. The number of rotatable bonds is 2. The van der Waals surface area contributed by atoms with Gasteiger partial charge in [0.15, 0.2) is 6.07 Å². The van der Waals surface area contributed by atoms with Crippen LogP contribution in [-0.2, 0) is 14.3 Å². The Morgan fingerprint density at radius 2 is 2.00 bits per heavy atom. The van der Waals surface area contributed by atoms with Crippen LogP contribution in [0.3, 0.4) is 0 Å². The van der Waals surface area contributed by atoms with Gasteiger partial charge in [-0.25, -0.2) is 18.4 Å². The molecule has 2 fully saturated rings. The number of amides is 1. The minimum absolute atomic E-state index is 0.132. The van der Waals surface area contributed by atoms with Crippen molar-refractivity contribution in [3.05, 3.63) is 0 Å². The molecule has 8 heteroatoms. The summed E-state index contributed by atoms with van der Waals surface area (Å²) in [5, 5.41) is 0. The number of esters is 1.